The van der Waals surface area contributed by atoms with Crippen LogP contribution in [0.25, 0.3) is 0 Å². The highest BCUT2D eigenvalue weighted by atomic mass is 16.5. The van der Waals surface area contributed by atoms with E-state index in [1.165, 1.54) is 81.9 Å². The van der Waals surface area contributed by atoms with Crippen LogP contribution in [0.2, 0.25) is 0 Å². The van der Waals surface area contributed by atoms with Gasteiger partial charge < -0.3 is 14.7 Å². The van der Waals surface area contributed by atoms with Gasteiger partial charge >= 0.3 is 12.1 Å². The molecule has 1 saturated heterocycles. The normalized spacial score (nSPS) is 14.6. The number of hydrogen-bond acceptors (Lipinski definition) is 4. The summed E-state index contributed by atoms with van der Waals surface area (Å²) in [5.41, 5.74) is 0. The molecule has 6 nitrogen and oxygen atoms in total. The van der Waals surface area contributed by atoms with E-state index in [4.69, 9.17) is 9.84 Å². The van der Waals surface area contributed by atoms with E-state index in [0.717, 1.165) is 45.2 Å². The molecule has 1 heterocycles. The van der Waals surface area contributed by atoms with Crippen LogP contribution in [0.4, 0.5) is 4.79 Å². The van der Waals surface area contributed by atoms with Crippen LogP contribution in [0.1, 0.15) is 123 Å². The molecule has 0 unspecified atom stereocenters. The number of carbonyl (C=O) groups excluding carboxylic acids is 1. The van der Waals surface area contributed by atoms with E-state index < -0.39 is 6.09 Å². The van der Waals surface area contributed by atoms with E-state index in [0.29, 0.717) is 32.2 Å². The maximum atomic E-state index is 12.5. The van der Waals surface area contributed by atoms with Crippen molar-refractivity contribution in [2.75, 3.05) is 39.3 Å². The molecule has 0 saturated carbocycles. The van der Waals surface area contributed by atoms with Gasteiger partial charge in [0.05, 0.1) is 13.2 Å². The lowest BCUT2D eigenvalue weighted by atomic mass is 9.94. The molecule has 34 heavy (non-hydrogen) atoms. The van der Waals surface area contributed by atoms with Gasteiger partial charge in [-0.05, 0) is 51.1 Å². The van der Waals surface area contributed by atoms with Crippen LogP contribution >= 0.6 is 0 Å². The minimum atomic E-state index is -0.827. The number of hydrogen-bond donors (Lipinski definition) is 1. The van der Waals surface area contributed by atoms with Crippen LogP contribution in [-0.4, -0.2) is 66.3 Å². The number of likely N-dealkylation sites (tertiary alicyclic amines) is 1. The summed E-state index contributed by atoms with van der Waals surface area (Å²) in [4.78, 5) is 27.3. The van der Waals surface area contributed by atoms with Gasteiger partial charge in [0, 0.05) is 13.1 Å². The van der Waals surface area contributed by atoms with Gasteiger partial charge in [-0.15, -0.1) is 0 Å². The number of ether oxygens (including phenoxy) is 1. The molecular weight excluding hydrogens is 428 g/mol. The fourth-order valence-electron chi connectivity index (χ4n) is 4.84. The zero-order valence-corrected chi connectivity index (χ0v) is 22.4. The number of rotatable bonds is 21. The molecule has 0 aromatic rings. The largest absolute Gasteiger partial charge is 0.465 e. The third-order valence-electron chi connectivity index (χ3n) is 7.18. The van der Waals surface area contributed by atoms with E-state index in [-0.39, 0.29) is 5.97 Å². The molecule has 200 valence electrons. The van der Waals surface area contributed by atoms with E-state index in [2.05, 4.69) is 18.7 Å². The zero-order chi connectivity index (χ0) is 24.9. The first kappa shape index (κ1) is 30.7. The Morgan fingerprint density at radius 1 is 0.794 bits per heavy atom. The summed E-state index contributed by atoms with van der Waals surface area (Å²) in [6.07, 6.45) is 19.8. The lowest BCUT2D eigenvalue weighted by Crippen LogP contribution is -2.37. The lowest BCUT2D eigenvalue weighted by Gasteiger charge is -2.29. The zero-order valence-electron chi connectivity index (χ0n) is 22.4. The number of piperidine rings is 1. The first-order valence-electron chi connectivity index (χ1n) is 14.4. The second-order valence-electron chi connectivity index (χ2n) is 10.2. The summed E-state index contributed by atoms with van der Waals surface area (Å²) >= 11 is 0. The fourth-order valence-corrected chi connectivity index (χ4v) is 4.84. The molecule has 1 amide bonds. The van der Waals surface area contributed by atoms with Gasteiger partial charge in [0.15, 0.2) is 0 Å². The SMILES string of the molecule is CCCCCCCCCN(CCCCCCCCC)CC(=O)OCCC1CCN(C(=O)O)CC1. The highest BCUT2D eigenvalue weighted by molar-refractivity contribution is 5.71. The number of unbranched alkanes of at least 4 members (excludes halogenated alkanes) is 12. The van der Waals surface area contributed by atoms with Crippen LogP contribution < -0.4 is 0 Å². The summed E-state index contributed by atoms with van der Waals surface area (Å²) in [5.74, 6) is 0.355. The number of amides is 1. The van der Waals surface area contributed by atoms with Crippen molar-refractivity contribution in [1.82, 2.24) is 9.80 Å². The molecule has 1 aliphatic rings. The van der Waals surface area contributed by atoms with E-state index >= 15 is 0 Å². The molecule has 0 bridgehead atoms. The fraction of sp³-hybridized carbons (Fsp3) is 0.929. The van der Waals surface area contributed by atoms with Crippen LogP contribution in [0.3, 0.4) is 0 Å². The van der Waals surface area contributed by atoms with Crippen molar-refractivity contribution in [3.8, 4) is 0 Å². The van der Waals surface area contributed by atoms with Crippen LogP contribution in [-0.2, 0) is 9.53 Å². The van der Waals surface area contributed by atoms with Gasteiger partial charge in [-0.2, -0.15) is 0 Å². The Hall–Kier alpha value is -1.30. The maximum Gasteiger partial charge on any atom is 0.407 e. The number of carbonyl (C=O) groups is 2. The van der Waals surface area contributed by atoms with Crippen molar-refractivity contribution < 1.29 is 19.4 Å². The van der Waals surface area contributed by atoms with Gasteiger partial charge in [-0.25, -0.2) is 4.79 Å². The van der Waals surface area contributed by atoms with Crippen molar-refractivity contribution in [3.05, 3.63) is 0 Å². The van der Waals surface area contributed by atoms with Crippen LogP contribution in [0, 0.1) is 5.92 Å². The topological polar surface area (TPSA) is 70.1 Å². The first-order chi connectivity index (χ1) is 16.6. The van der Waals surface area contributed by atoms with E-state index in [1.54, 1.807) is 0 Å². The molecule has 1 fully saturated rings. The summed E-state index contributed by atoms with van der Waals surface area (Å²) in [7, 11) is 0. The van der Waals surface area contributed by atoms with E-state index in [9.17, 15) is 9.59 Å². The van der Waals surface area contributed by atoms with Crippen LogP contribution in [0.5, 0.6) is 0 Å². The number of carboxylic acid groups (broad SMARTS) is 1. The molecule has 1 rings (SSSR count). The molecule has 0 aliphatic carbocycles. The molecule has 0 aromatic carbocycles. The van der Waals surface area contributed by atoms with Gasteiger partial charge in [-0.1, -0.05) is 90.9 Å². The highest BCUT2D eigenvalue weighted by Crippen LogP contribution is 2.20. The standard InChI is InChI=1S/C28H54N2O4/c1-3-5-7-9-11-13-15-20-29(21-16-14-12-10-8-6-4-2)25-27(31)34-24-19-26-17-22-30(23-18-26)28(32)33/h26H,3-25H2,1-2H3,(H,32,33). The van der Waals surface area contributed by atoms with Crippen molar-refractivity contribution in [2.45, 2.75) is 123 Å². The highest BCUT2D eigenvalue weighted by Gasteiger charge is 2.22. The second kappa shape index (κ2) is 21.0. The third kappa shape index (κ3) is 16.3. The summed E-state index contributed by atoms with van der Waals surface area (Å²) in [6.45, 7) is 8.55. The molecular formula is C28H54N2O4. The Balaban J connectivity index is 2.25. The molecule has 1 N–H and O–H groups in total. The molecule has 6 heteroatoms. The van der Waals surface area contributed by atoms with Crippen molar-refractivity contribution >= 4 is 12.1 Å². The Bertz CT molecular complexity index is 489. The summed E-state index contributed by atoms with van der Waals surface area (Å²) in [6, 6.07) is 0. The quantitative estimate of drug-likeness (QED) is 0.139. The molecule has 0 atom stereocenters. The predicted octanol–water partition coefficient (Wildman–Crippen LogP) is 7.11. The van der Waals surface area contributed by atoms with E-state index in [1.807, 2.05) is 0 Å². The molecule has 0 spiro atoms. The maximum absolute atomic E-state index is 12.5. The van der Waals surface area contributed by atoms with Crippen LogP contribution in [0.15, 0.2) is 0 Å². The summed E-state index contributed by atoms with van der Waals surface area (Å²) < 4.78 is 5.58. The smallest absolute Gasteiger partial charge is 0.407 e. The Labute approximate surface area is 209 Å². The average molecular weight is 483 g/mol. The van der Waals surface area contributed by atoms with Gasteiger partial charge in [0.1, 0.15) is 0 Å². The minimum absolute atomic E-state index is 0.103. The Morgan fingerprint density at radius 3 is 1.74 bits per heavy atom. The molecule has 1 aliphatic heterocycles. The first-order valence-corrected chi connectivity index (χ1v) is 14.4. The predicted molar refractivity (Wildman–Crippen MR) is 140 cm³/mol. The molecule has 0 radical (unpaired) electrons. The average Bonchev–Trinajstić information content (AvgIpc) is 2.83. The lowest BCUT2D eigenvalue weighted by molar-refractivity contribution is -0.145. The van der Waals surface area contributed by atoms with Crippen molar-refractivity contribution in [1.29, 1.82) is 0 Å². The van der Waals surface area contributed by atoms with Crippen molar-refractivity contribution in [2.24, 2.45) is 5.92 Å². The number of esters is 1. The molecule has 0 aromatic heterocycles. The third-order valence-corrected chi connectivity index (χ3v) is 7.18. The Kier molecular flexibility index (Phi) is 19.0. The summed E-state index contributed by atoms with van der Waals surface area (Å²) in [5, 5.41) is 9.06. The Morgan fingerprint density at radius 2 is 1.26 bits per heavy atom. The second-order valence-corrected chi connectivity index (χ2v) is 10.2. The van der Waals surface area contributed by atoms with Gasteiger partial charge in [0.2, 0.25) is 0 Å². The van der Waals surface area contributed by atoms with Gasteiger partial charge in [0.25, 0.3) is 0 Å². The minimum Gasteiger partial charge on any atom is -0.465 e. The number of nitrogens with zero attached hydrogens (tertiary/aromatic N) is 2. The monoisotopic (exact) mass is 482 g/mol. The van der Waals surface area contributed by atoms with Gasteiger partial charge in [-0.3, -0.25) is 9.69 Å². The van der Waals surface area contributed by atoms with Crippen molar-refractivity contribution in [3.63, 3.8) is 0 Å².